The van der Waals surface area contributed by atoms with Crippen LogP contribution in [-0.2, 0) is 4.79 Å². The first-order valence-electron chi connectivity index (χ1n) is 1.78. The van der Waals surface area contributed by atoms with E-state index in [0.29, 0.717) is 0 Å². The van der Waals surface area contributed by atoms with Gasteiger partial charge in [-0.15, -0.1) is 4.91 Å². The molecule has 0 fully saturated rings. The van der Waals surface area contributed by atoms with Crippen molar-refractivity contribution < 1.29 is 9.90 Å². The number of aliphatic hydroxyl groups excluding tert-OH is 1. The Kier molecular flexibility index (Phi) is 3.04. The highest BCUT2D eigenvalue weighted by atomic mass is 16.3. The summed E-state index contributed by atoms with van der Waals surface area (Å²) < 4.78 is 0. The lowest BCUT2D eigenvalue weighted by atomic mass is 10.4. The zero-order chi connectivity index (χ0) is 5.70. The first-order valence-corrected chi connectivity index (χ1v) is 1.78. The summed E-state index contributed by atoms with van der Waals surface area (Å²) in [4.78, 5) is 19.0. The molecule has 7 heavy (non-hydrogen) atoms. The highest BCUT2D eigenvalue weighted by Gasteiger charge is 1.94. The molecule has 0 rings (SSSR count). The van der Waals surface area contributed by atoms with E-state index in [1.807, 2.05) is 5.18 Å². The van der Waals surface area contributed by atoms with Gasteiger partial charge in [-0.3, -0.25) is 4.79 Å². The van der Waals surface area contributed by atoms with Gasteiger partial charge in [0.15, 0.2) is 0 Å². The molecule has 0 atom stereocenters. The van der Waals surface area contributed by atoms with Crippen LogP contribution in [0.15, 0.2) is 5.18 Å². The molecule has 0 spiro atoms. The summed E-state index contributed by atoms with van der Waals surface area (Å²) in [5.41, 5.74) is 0. The third kappa shape index (κ3) is 3.05. The quantitative estimate of drug-likeness (QED) is 0.486. The van der Waals surface area contributed by atoms with Gasteiger partial charge in [0.05, 0.1) is 13.0 Å². The Balaban J connectivity index is 3.17. The minimum Gasteiger partial charge on any atom is -0.396 e. The number of carbonyl (C=O) groups is 1. The summed E-state index contributed by atoms with van der Waals surface area (Å²) in [5, 5.41) is 9.98. The van der Waals surface area contributed by atoms with Gasteiger partial charge in [0.1, 0.15) is 0 Å². The lowest BCUT2D eigenvalue weighted by molar-refractivity contribution is -0.118. The van der Waals surface area contributed by atoms with Crippen molar-refractivity contribution in [3.05, 3.63) is 4.91 Å². The second-order valence-electron chi connectivity index (χ2n) is 0.959. The van der Waals surface area contributed by atoms with E-state index in [4.69, 9.17) is 5.11 Å². The number of amides is 1. The maximum absolute atomic E-state index is 9.77. The highest BCUT2D eigenvalue weighted by molar-refractivity contribution is 5.76. The molecule has 0 heterocycles. The minimum atomic E-state index is -0.803. The van der Waals surface area contributed by atoms with Gasteiger partial charge in [-0.2, -0.15) is 0 Å². The normalized spacial score (nSPS) is 8.14. The van der Waals surface area contributed by atoms with Crippen LogP contribution < -0.4 is 0 Å². The fourth-order valence-corrected chi connectivity index (χ4v) is 0.141. The molecule has 4 heteroatoms. The molecule has 0 saturated heterocycles. The molecule has 0 aromatic rings. The zero-order valence-electron chi connectivity index (χ0n) is 3.63. The lowest BCUT2D eigenvalue weighted by Gasteiger charge is -1.78. The van der Waals surface area contributed by atoms with Crippen LogP contribution in [0.4, 0.5) is 0 Å². The van der Waals surface area contributed by atoms with Crippen molar-refractivity contribution in [3.8, 4) is 0 Å². The monoisotopic (exact) mass is 103 g/mol. The molecular formula is C3H5NO3. The molecule has 0 radical (unpaired) electrons. The maximum Gasteiger partial charge on any atom is 0.288 e. The average Bonchev–Trinajstić information content (AvgIpc) is 1.68. The summed E-state index contributed by atoms with van der Waals surface area (Å²) in [6, 6.07) is 0. The minimum absolute atomic E-state index is 0.163. The number of nitrogens with zero attached hydrogens (tertiary/aromatic N) is 1. The van der Waals surface area contributed by atoms with E-state index in [1.54, 1.807) is 0 Å². The van der Waals surface area contributed by atoms with Crippen LogP contribution in [0.5, 0.6) is 0 Å². The number of hydrogen-bond acceptors (Lipinski definition) is 3. The summed E-state index contributed by atoms with van der Waals surface area (Å²) in [6.45, 7) is -0.301. The van der Waals surface area contributed by atoms with Crippen molar-refractivity contribution >= 4 is 5.91 Å². The third-order valence-electron chi connectivity index (χ3n) is 0.427. The van der Waals surface area contributed by atoms with Crippen LogP contribution in [0.1, 0.15) is 6.42 Å². The Bertz CT molecular complexity index is 80.2. The van der Waals surface area contributed by atoms with E-state index in [9.17, 15) is 9.70 Å². The van der Waals surface area contributed by atoms with Crippen molar-refractivity contribution in [2.45, 2.75) is 6.42 Å². The molecule has 0 aliphatic rings. The first kappa shape index (κ1) is 6.23. The van der Waals surface area contributed by atoms with Crippen LogP contribution in [0, 0.1) is 4.91 Å². The molecule has 0 unspecified atom stereocenters. The summed E-state index contributed by atoms with van der Waals surface area (Å²) in [5.74, 6) is -0.803. The van der Waals surface area contributed by atoms with Gasteiger partial charge in [-0.1, -0.05) is 0 Å². The predicted octanol–water partition coefficient (Wildman–Crippen LogP) is -0.338. The number of nitroso groups, excluding NO2 is 1. The highest BCUT2D eigenvalue weighted by Crippen LogP contribution is 1.78. The smallest absolute Gasteiger partial charge is 0.288 e. The van der Waals surface area contributed by atoms with Crippen LogP contribution in [0.2, 0.25) is 0 Å². The molecule has 1 amide bonds. The average molecular weight is 103 g/mol. The molecule has 0 saturated carbocycles. The first-order chi connectivity index (χ1) is 3.31. The van der Waals surface area contributed by atoms with E-state index in [0.717, 1.165) is 0 Å². The van der Waals surface area contributed by atoms with Gasteiger partial charge < -0.3 is 5.11 Å². The molecule has 0 aliphatic heterocycles. The number of hydrogen-bond donors (Lipinski definition) is 1. The van der Waals surface area contributed by atoms with Crippen LogP contribution in [0.3, 0.4) is 0 Å². The van der Waals surface area contributed by atoms with Crippen LogP contribution in [0.25, 0.3) is 0 Å². The zero-order valence-corrected chi connectivity index (χ0v) is 3.63. The summed E-state index contributed by atoms with van der Waals surface area (Å²) in [6.07, 6.45) is -0.163. The molecule has 40 valence electrons. The van der Waals surface area contributed by atoms with Gasteiger partial charge >= 0.3 is 0 Å². The van der Waals surface area contributed by atoms with Gasteiger partial charge in [0.25, 0.3) is 5.91 Å². The van der Waals surface area contributed by atoms with E-state index in [-0.39, 0.29) is 13.0 Å². The van der Waals surface area contributed by atoms with Gasteiger partial charge in [-0.05, 0) is 0 Å². The predicted molar refractivity (Wildman–Crippen MR) is 22.5 cm³/mol. The van der Waals surface area contributed by atoms with E-state index in [2.05, 4.69) is 0 Å². The maximum atomic E-state index is 9.77. The fourth-order valence-electron chi connectivity index (χ4n) is 0.141. The van der Waals surface area contributed by atoms with E-state index >= 15 is 0 Å². The SMILES string of the molecule is O=NC(=O)CCO. The van der Waals surface area contributed by atoms with Crippen molar-refractivity contribution in [3.63, 3.8) is 0 Å². The number of carbonyl (C=O) groups excluding carboxylic acids is 1. The summed E-state index contributed by atoms with van der Waals surface area (Å²) in [7, 11) is 0. The Labute approximate surface area is 40.1 Å². The number of rotatable bonds is 2. The molecular weight excluding hydrogens is 98.0 g/mol. The standard InChI is InChI=1S/C3H5NO3/c5-2-1-3(6)4-7/h5H,1-2H2. The molecule has 0 aromatic carbocycles. The van der Waals surface area contributed by atoms with Gasteiger partial charge in [-0.25, -0.2) is 0 Å². The van der Waals surface area contributed by atoms with Gasteiger partial charge in [0.2, 0.25) is 0 Å². The third-order valence-corrected chi connectivity index (χ3v) is 0.427. The Morgan fingerprint density at radius 1 is 1.71 bits per heavy atom. The second kappa shape index (κ2) is 3.42. The topological polar surface area (TPSA) is 66.7 Å². The van der Waals surface area contributed by atoms with Gasteiger partial charge in [0, 0.05) is 5.18 Å². The lowest BCUT2D eigenvalue weighted by Crippen LogP contribution is -1.93. The fraction of sp³-hybridized carbons (Fsp3) is 0.667. The Hall–Kier alpha value is -0.770. The van der Waals surface area contributed by atoms with E-state index in [1.165, 1.54) is 0 Å². The molecule has 4 nitrogen and oxygen atoms in total. The molecule has 1 N–H and O–H groups in total. The van der Waals surface area contributed by atoms with Crippen molar-refractivity contribution in [1.29, 1.82) is 0 Å². The largest absolute Gasteiger partial charge is 0.396 e. The van der Waals surface area contributed by atoms with Crippen molar-refractivity contribution in [2.24, 2.45) is 5.18 Å². The Morgan fingerprint density at radius 2 is 2.29 bits per heavy atom. The Morgan fingerprint density at radius 3 is 2.43 bits per heavy atom. The number of aliphatic hydroxyl groups is 1. The van der Waals surface area contributed by atoms with Crippen LogP contribution in [-0.4, -0.2) is 17.6 Å². The molecule has 0 bridgehead atoms. The molecule has 0 aromatic heterocycles. The van der Waals surface area contributed by atoms with Crippen molar-refractivity contribution in [1.82, 2.24) is 0 Å². The van der Waals surface area contributed by atoms with Crippen LogP contribution >= 0.6 is 0 Å². The van der Waals surface area contributed by atoms with Crippen molar-refractivity contribution in [2.75, 3.05) is 6.61 Å². The molecule has 0 aliphatic carbocycles. The summed E-state index contributed by atoms with van der Waals surface area (Å²) >= 11 is 0. The van der Waals surface area contributed by atoms with E-state index < -0.39 is 5.91 Å². The second-order valence-corrected chi connectivity index (χ2v) is 0.959.